The van der Waals surface area contributed by atoms with Crippen LogP contribution in [0.5, 0.6) is 0 Å². The fraction of sp³-hybridized carbons (Fsp3) is 0.435. The van der Waals surface area contributed by atoms with Gasteiger partial charge in [0.1, 0.15) is 5.69 Å². The molecule has 10 heteroatoms. The quantitative estimate of drug-likeness (QED) is 0.449. The normalized spacial score (nSPS) is 15.5. The lowest BCUT2D eigenvalue weighted by molar-refractivity contribution is 0.100. The van der Waals surface area contributed by atoms with E-state index in [1.807, 2.05) is 41.5 Å². The maximum Gasteiger partial charge on any atom is 0.248 e. The zero-order valence-electron chi connectivity index (χ0n) is 19.2. The minimum absolute atomic E-state index is 0.154. The second-order valence-corrected chi connectivity index (χ2v) is 8.76. The number of amides is 1. The van der Waals surface area contributed by atoms with E-state index in [1.165, 1.54) is 12.8 Å². The highest BCUT2D eigenvalue weighted by Gasteiger charge is 2.22. The minimum atomic E-state index is -0.492. The van der Waals surface area contributed by atoms with Gasteiger partial charge in [0.25, 0.3) is 0 Å². The first kappa shape index (κ1) is 21.3. The molecule has 4 aromatic rings. The molecule has 5 rings (SSSR count). The van der Waals surface area contributed by atoms with Gasteiger partial charge in [0.15, 0.2) is 11.6 Å². The molecule has 33 heavy (non-hydrogen) atoms. The second kappa shape index (κ2) is 8.43. The zero-order chi connectivity index (χ0) is 23.1. The fourth-order valence-corrected chi connectivity index (χ4v) is 4.71. The van der Waals surface area contributed by atoms with Crippen LogP contribution >= 0.6 is 0 Å². The maximum atomic E-state index is 12.1. The topological polar surface area (TPSA) is 124 Å². The third kappa shape index (κ3) is 3.91. The summed E-state index contributed by atoms with van der Waals surface area (Å²) >= 11 is 0. The summed E-state index contributed by atoms with van der Waals surface area (Å²) in [5.74, 6) is 0.625. The largest absolute Gasteiger partial charge is 0.366 e. The number of rotatable bonds is 7. The van der Waals surface area contributed by atoms with Crippen molar-refractivity contribution in [1.82, 2.24) is 39.6 Å². The molecule has 1 aliphatic rings. The smallest absolute Gasteiger partial charge is 0.248 e. The number of benzene rings is 1. The number of hydrogen-bond donors (Lipinski definition) is 2. The number of carbonyl (C=O) groups excluding carboxylic acids is 1. The van der Waals surface area contributed by atoms with Gasteiger partial charge in [-0.3, -0.25) is 19.3 Å². The van der Waals surface area contributed by atoms with Gasteiger partial charge in [0.05, 0.1) is 23.4 Å². The lowest BCUT2D eigenvalue weighted by atomic mass is 10.0. The highest BCUT2D eigenvalue weighted by molar-refractivity contribution is 6.02. The van der Waals surface area contributed by atoms with Crippen molar-refractivity contribution in [2.75, 3.05) is 19.6 Å². The number of H-pyrrole nitrogens is 1. The van der Waals surface area contributed by atoms with E-state index in [-0.39, 0.29) is 6.04 Å². The monoisotopic (exact) mass is 447 g/mol. The molecule has 1 saturated heterocycles. The zero-order valence-corrected chi connectivity index (χ0v) is 19.2. The number of nitrogens with two attached hydrogens (primary N) is 1. The van der Waals surface area contributed by atoms with Crippen LogP contribution < -0.4 is 5.73 Å². The molecule has 3 N–H and O–H groups in total. The van der Waals surface area contributed by atoms with E-state index in [0.717, 1.165) is 54.0 Å². The summed E-state index contributed by atoms with van der Waals surface area (Å²) in [6.45, 7) is 10.0. The molecule has 0 saturated carbocycles. The number of hydrogen-bond acceptors (Lipinski definition) is 6. The number of likely N-dealkylation sites (tertiary alicyclic amines) is 1. The van der Waals surface area contributed by atoms with Crippen LogP contribution in [0.4, 0.5) is 0 Å². The average Bonchev–Trinajstić information content (AvgIpc) is 3.58. The number of carbonyl (C=O) groups is 1. The highest BCUT2D eigenvalue weighted by Crippen LogP contribution is 2.31. The van der Waals surface area contributed by atoms with Crippen LogP contribution in [0.25, 0.3) is 33.8 Å². The molecule has 0 spiro atoms. The summed E-state index contributed by atoms with van der Waals surface area (Å²) in [5, 5.41) is 17.5. The second-order valence-electron chi connectivity index (χ2n) is 8.76. The Kier molecular flexibility index (Phi) is 5.45. The molecule has 0 bridgehead atoms. The molecular formula is C23H29N9O. The predicted molar refractivity (Wildman–Crippen MR) is 126 cm³/mol. The van der Waals surface area contributed by atoms with Gasteiger partial charge in [0, 0.05) is 29.6 Å². The van der Waals surface area contributed by atoms with Crippen molar-refractivity contribution in [3.8, 4) is 22.9 Å². The van der Waals surface area contributed by atoms with Crippen LogP contribution in [0, 0.1) is 6.92 Å². The van der Waals surface area contributed by atoms with Gasteiger partial charge in [-0.2, -0.15) is 15.3 Å². The van der Waals surface area contributed by atoms with Gasteiger partial charge in [-0.25, -0.2) is 4.98 Å². The number of aromatic amines is 1. The lowest BCUT2D eigenvalue weighted by Crippen LogP contribution is -2.27. The molecule has 10 nitrogen and oxygen atoms in total. The van der Waals surface area contributed by atoms with Crippen molar-refractivity contribution in [1.29, 1.82) is 0 Å². The van der Waals surface area contributed by atoms with E-state index in [0.29, 0.717) is 17.2 Å². The van der Waals surface area contributed by atoms with E-state index in [4.69, 9.17) is 10.7 Å². The Morgan fingerprint density at radius 2 is 2.03 bits per heavy atom. The van der Waals surface area contributed by atoms with Crippen LogP contribution in [0.15, 0.2) is 24.4 Å². The van der Waals surface area contributed by atoms with Gasteiger partial charge in [-0.05, 0) is 64.9 Å². The van der Waals surface area contributed by atoms with Crippen LogP contribution in [0.3, 0.4) is 0 Å². The molecule has 1 aromatic carbocycles. The molecular weight excluding hydrogens is 418 g/mol. The van der Waals surface area contributed by atoms with E-state index in [1.54, 1.807) is 6.07 Å². The number of primary amides is 1. The third-order valence-electron chi connectivity index (χ3n) is 6.31. The summed E-state index contributed by atoms with van der Waals surface area (Å²) in [4.78, 5) is 19.3. The Labute approximate surface area is 191 Å². The number of fused-ring (bicyclic) bond motifs is 1. The summed E-state index contributed by atoms with van der Waals surface area (Å²) in [6, 6.07) is 5.69. The molecule has 1 unspecified atom stereocenters. The van der Waals surface area contributed by atoms with Crippen LogP contribution in [-0.4, -0.2) is 65.2 Å². The molecule has 1 aliphatic heterocycles. The Balaban J connectivity index is 1.57. The molecule has 1 atom stereocenters. The Bertz CT molecular complexity index is 1310. The molecule has 172 valence electrons. The van der Waals surface area contributed by atoms with Gasteiger partial charge < -0.3 is 10.6 Å². The molecule has 4 heterocycles. The first-order valence-corrected chi connectivity index (χ1v) is 11.5. The van der Waals surface area contributed by atoms with Crippen molar-refractivity contribution in [3.05, 3.63) is 35.7 Å². The third-order valence-corrected chi connectivity index (χ3v) is 6.31. The minimum Gasteiger partial charge on any atom is -0.366 e. The van der Waals surface area contributed by atoms with E-state index < -0.39 is 5.91 Å². The van der Waals surface area contributed by atoms with Crippen LogP contribution in [-0.2, 0) is 6.54 Å². The number of nitrogens with one attached hydrogen (secondary N) is 1. The van der Waals surface area contributed by atoms with Gasteiger partial charge in [-0.1, -0.05) is 0 Å². The Morgan fingerprint density at radius 1 is 1.24 bits per heavy atom. The first-order chi connectivity index (χ1) is 15.9. The number of aromatic nitrogens is 7. The summed E-state index contributed by atoms with van der Waals surface area (Å²) in [6.07, 6.45) is 4.31. The predicted octanol–water partition coefficient (Wildman–Crippen LogP) is 2.77. The van der Waals surface area contributed by atoms with Gasteiger partial charge in [-0.15, -0.1) is 0 Å². The average molecular weight is 448 g/mol. The Hall–Kier alpha value is -3.53. The standard InChI is InChI=1S/C23H29N9O/c1-4-31-20(9-14(2)29-31)23-26-22(27-28-23)17-10-16(21(24)33)11-19-18(17)12-25-32(19)15(3)13-30-7-5-6-8-30/h9-12,15H,4-8,13H2,1-3H3,(H2,24,33)(H,26,27,28). The van der Waals surface area contributed by atoms with Crippen molar-refractivity contribution >= 4 is 16.8 Å². The Morgan fingerprint density at radius 3 is 2.76 bits per heavy atom. The first-order valence-electron chi connectivity index (χ1n) is 11.5. The van der Waals surface area contributed by atoms with Crippen molar-refractivity contribution in [2.24, 2.45) is 5.73 Å². The lowest BCUT2D eigenvalue weighted by Gasteiger charge is -2.21. The molecule has 1 fully saturated rings. The summed E-state index contributed by atoms with van der Waals surface area (Å²) in [7, 11) is 0. The van der Waals surface area contributed by atoms with Gasteiger partial charge in [0.2, 0.25) is 5.91 Å². The number of nitrogens with zero attached hydrogens (tertiary/aromatic N) is 7. The van der Waals surface area contributed by atoms with Gasteiger partial charge >= 0.3 is 0 Å². The van der Waals surface area contributed by atoms with Crippen molar-refractivity contribution < 1.29 is 4.79 Å². The molecule has 3 aromatic heterocycles. The highest BCUT2D eigenvalue weighted by atomic mass is 16.1. The molecule has 0 aliphatic carbocycles. The summed E-state index contributed by atoms with van der Waals surface area (Å²) in [5.41, 5.74) is 9.45. The van der Waals surface area contributed by atoms with E-state index in [2.05, 4.69) is 32.2 Å². The summed E-state index contributed by atoms with van der Waals surface area (Å²) < 4.78 is 3.86. The molecule has 1 amide bonds. The SMILES string of the molecule is CCn1nc(C)cc1-c1nc(-c2cc(C(N)=O)cc3c2cnn3C(C)CN2CCCC2)n[nH]1. The fourth-order valence-electron chi connectivity index (χ4n) is 4.71. The maximum absolute atomic E-state index is 12.1. The van der Waals surface area contributed by atoms with Crippen molar-refractivity contribution in [2.45, 2.75) is 46.2 Å². The van der Waals surface area contributed by atoms with E-state index in [9.17, 15) is 4.79 Å². The number of aryl methyl sites for hydroxylation is 2. The van der Waals surface area contributed by atoms with Crippen molar-refractivity contribution in [3.63, 3.8) is 0 Å². The van der Waals surface area contributed by atoms with Crippen LogP contribution in [0.2, 0.25) is 0 Å². The molecule has 0 radical (unpaired) electrons. The van der Waals surface area contributed by atoms with Crippen LogP contribution in [0.1, 0.15) is 48.8 Å². The van der Waals surface area contributed by atoms with E-state index >= 15 is 0 Å².